The zero-order chi connectivity index (χ0) is 13.3. The first-order valence-electron chi connectivity index (χ1n) is 4.72. The third-order valence-corrected chi connectivity index (χ3v) is 3.14. The molecule has 0 radical (unpaired) electrons. The fraction of sp³-hybridized carbons (Fsp3) is 0.750. The largest absolute Gasteiger partial charge is 0.465 e. The Balaban J connectivity index is 2.64. The second-order valence-corrected chi connectivity index (χ2v) is 5.10. The molecule has 1 saturated carbocycles. The Hall–Kier alpha value is -1.09. The standard InChI is InChI=1S/C8H10F2O6S/c9-8(10,17(13,14)15)7(12)16-6-3-1-5(11)2-4-6/h6H,1-4H2,(H,13,14,15). The van der Waals surface area contributed by atoms with Crippen molar-refractivity contribution < 1.29 is 36.1 Å². The van der Waals surface area contributed by atoms with E-state index in [2.05, 4.69) is 4.74 Å². The van der Waals surface area contributed by atoms with E-state index in [1.54, 1.807) is 0 Å². The summed E-state index contributed by atoms with van der Waals surface area (Å²) in [7, 11) is -5.84. The molecule has 17 heavy (non-hydrogen) atoms. The normalized spacial score (nSPS) is 19.1. The van der Waals surface area contributed by atoms with E-state index in [0.29, 0.717) is 0 Å². The summed E-state index contributed by atoms with van der Waals surface area (Å²) in [6, 6.07) is 0. The van der Waals surface area contributed by atoms with E-state index in [0.717, 1.165) is 0 Å². The number of hydrogen-bond donors (Lipinski definition) is 1. The minimum absolute atomic E-state index is 0.0705. The van der Waals surface area contributed by atoms with E-state index in [4.69, 9.17) is 4.55 Å². The number of hydrogen-bond acceptors (Lipinski definition) is 5. The van der Waals surface area contributed by atoms with Gasteiger partial charge in [-0.25, -0.2) is 4.79 Å². The summed E-state index contributed by atoms with van der Waals surface area (Å²) in [6.07, 6.45) is -0.587. The van der Waals surface area contributed by atoms with Crippen molar-refractivity contribution in [3.8, 4) is 0 Å². The summed E-state index contributed by atoms with van der Waals surface area (Å²) in [6.45, 7) is 0. The molecule has 0 unspecified atom stereocenters. The van der Waals surface area contributed by atoms with Gasteiger partial charge in [-0.2, -0.15) is 17.2 Å². The SMILES string of the molecule is O=C1CCC(OC(=O)C(F)(F)S(=O)(=O)O)CC1. The van der Waals surface area contributed by atoms with Gasteiger partial charge in [0.1, 0.15) is 11.9 Å². The number of carbonyl (C=O) groups is 2. The predicted octanol–water partition coefficient (Wildman–Crippen LogP) is 0.522. The molecule has 9 heteroatoms. The molecule has 1 fully saturated rings. The molecule has 0 saturated heterocycles. The molecule has 0 aromatic heterocycles. The van der Waals surface area contributed by atoms with Crippen LogP contribution in [0.25, 0.3) is 0 Å². The van der Waals surface area contributed by atoms with E-state index in [9.17, 15) is 26.8 Å². The minimum atomic E-state index is -5.84. The molecule has 1 aliphatic carbocycles. The predicted molar refractivity (Wildman–Crippen MR) is 49.9 cm³/mol. The Bertz CT molecular complexity index is 419. The van der Waals surface area contributed by atoms with Crippen LogP contribution in [0.1, 0.15) is 25.7 Å². The third kappa shape index (κ3) is 3.19. The lowest BCUT2D eigenvalue weighted by atomic mass is 9.96. The number of carbonyl (C=O) groups excluding carboxylic acids is 2. The van der Waals surface area contributed by atoms with Crippen molar-refractivity contribution in [3.63, 3.8) is 0 Å². The number of ketones is 1. The average Bonchev–Trinajstić information content (AvgIpc) is 2.19. The smallest absolute Gasteiger partial charge is 0.457 e. The lowest BCUT2D eigenvalue weighted by Gasteiger charge is -2.22. The quantitative estimate of drug-likeness (QED) is 0.594. The van der Waals surface area contributed by atoms with Crippen LogP contribution in [-0.4, -0.2) is 36.1 Å². The van der Waals surface area contributed by atoms with E-state index in [1.807, 2.05) is 0 Å². The Morgan fingerprint density at radius 2 is 1.82 bits per heavy atom. The summed E-state index contributed by atoms with van der Waals surface area (Å²) >= 11 is 0. The second-order valence-electron chi connectivity index (χ2n) is 3.64. The van der Waals surface area contributed by atoms with Gasteiger partial charge in [0, 0.05) is 12.8 Å². The maximum atomic E-state index is 12.8. The van der Waals surface area contributed by atoms with Gasteiger partial charge in [0.2, 0.25) is 0 Å². The Labute approximate surface area is 95.7 Å². The van der Waals surface area contributed by atoms with Gasteiger partial charge in [0.05, 0.1) is 0 Å². The molecule has 1 rings (SSSR count). The Morgan fingerprint density at radius 1 is 1.35 bits per heavy atom. The first-order chi connectivity index (χ1) is 7.64. The van der Waals surface area contributed by atoms with E-state index < -0.39 is 27.4 Å². The first-order valence-corrected chi connectivity index (χ1v) is 6.16. The highest BCUT2D eigenvalue weighted by molar-refractivity contribution is 7.87. The summed E-state index contributed by atoms with van der Waals surface area (Å²) in [5, 5.41) is -4.98. The molecule has 1 N–H and O–H groups in total. The molecule has 0 aliphatic heterocycles. The van der Waals surface area contributed by atoms with Crippen LogP contribution in [-0.2, 0) is 24.4 Å². The van der Waals surface area contributed by atoms with Crippen molar-refractivity contribution >= 4 is 21.9 Å². The van der Waals surface area contributed by atoms with Gasteiger partial charge in [-0.1, -0.05) is 0 Å². The van der Waals surface area contributed by atoms with Crippen LogP contribution in [0.15, 0.2) is 0 Å². The maximum absolute atomic E-state index is 12.8. The van der Waals surface area contributed by atoms with Crippen molar-refractivity contribution in [2.75, 3.05) is 0 Å². The Kier molecular flexibility index (Phi) is 3.82. The van der Waals surface area contributed by atoms with Crippen LogP contribution in [0.2, 0.25) is 0 Å². The highest BCUT2D eigenvalue weighted by Gasteiger charge is 2.54. The van der Waals surface area contributed by atoms with Crippen molar-refractivity contribution in [1.82, 2.24) is 0 Å². The van der Waals surface area contributed by atoms with Gasteiger partial charge in [-0.3, -0.25) is 9.35 Å². The first kappa shape index (κ1) is 14.0. The van der Waals surface area contributed by atoms with Crippen LogP contribution < -0.4 is 0 Å². The molecule has 0 amide bonds. The number of esters is 1. The fourth-order valence-corrected chi connectivity index (χ4v) is 1.62. The summed E-state index contributed by atoms with van der Waals surface area (Å²) in [5.41, 5.74) is 0. The average molecular weight is 272 g/mol. The molecular formula is C8H10F2O6S. The molecule has 6 nitrogen and oxygen atoms in total. The van der Waals surface area contributed by atoms with Crippen molar-refractivity contribution in [2.45, 2.75) is 37.0 Å². The zero-order valence-electron chi connectivity index (χ0n) is 8.56. The van der Waals surface area contributed by atoms with Gasteiger partial charge < -0.3 is 4.74 Å². The molecule has 0 heterocycles. The van der Waals surface area contributed by atoms with E-state index in [1.165, 1.54) is 0 Å². The van der Waals surface area contributed by atoms with Gasteiger partial charge in [-0.05, 0) is 12.8 Å². The topological polar surface area (TPSA) is 97.7 Å². The van der Waals surface area contributed by atoms with Crippen LogP contribution in [0.4, 0.5) is 8.78 Å². The lowest BCUT2D eigenvalue weighted by Crippen LogP contribution is -2.41. The zero-order valence-corrected chi connectivity index (χ0v) is 9.37. The van der Waals surface area contributed by atoms with Crippen LogP contribution in [0.5, 0.6) is 0 Å². The monoisotopic (exact) mass is 272 g/mol. The van der Waals surface area contributed by atoms with Gasteiger partial charge in [0.25, 0.3) is 0 Å². The van der Waals surface area contributed by atoms with Crippen molar-refractivity contribution in [1.29, 1.82) is 0 Å². The summed E-state index contributed by atoms with van der Waals surface area (Å²) in [4.78, 5) is 21.7. The molecule has 0 spiro atoms. The van der Waals surface area contributed by atoms with Gasteiger partial charge >= 0.3 is 21.3 Å². The fourth-order valence-electron chi connectivity index (χ4n) is 1.36. The van der Waals surface area contributed by atoms with Crippen LogP contribution in [0, 0.1) is 0 Å². The number of alkyl halides is 2. The molecule has 0 aromatic rings. The summed E-state index contributed by atoms with van der Waals surface area (Å²) in [5.74, 6) is -2.39. The molecular weight excluding hydrogens is 262 g/mol. The van der Waals surface area contributed by atoms with Crippen molar-refractivity contribution in [2.24, 2.45) is 0 Å². The van der Waals surface area contributed by atoms with E-state index >= 15 is 0 Å². The number of rotatable bonds is 3. The Morgan fingerprint density at radius 3 is 2.24 bits per heavy atom. The number of halogens is 2. The van der Waals surface area contributed by atoms with Crippen LogP contribution >= 0.6 is 0 Å². The van der Waals surface area contributed by atoms with Crippen LogP contribution in [0.3, 0.4) is 0 Å². The second kappa shape index (κ2) is 4.65. The lowest BCUT2D eigenvalue weighted by molar-refractivity contribution is -0.169. The number of ether oxygens (including phenoxy) is 1. The highest BCUT2D eigenvalue weighted by Crippen LogP contribution is 2.26. The molecule has 98 valence electrons. The van der Waals surface area contributed by atoms with Crippen molar-refractivity contribution in [3.05, 3.63) is 0 Å². The highest BCUT2D eigenvalue weighted by atomic mass is 32.2. The molecule has 0 bridgehead atoms. The minimum Gasteiger partial charge on any atom is -0.457 e. The van der Waals surface area contributed by atoms with E-state index in [-0.39, 0.29) is 31.5 Å². The third-order valence-electron chi connectivity index (χ3n) is 2.33. The van der Waals surface area contributed by atoms with Gasteiger partial charge in [-0.15, -0.1) is 0 Å². The molecule has 1 aliphatic rings. The molecule has 0 atom stereocenters. The van der Waals surface area contributed by atoms with Gasteiger partial charge in [0.15, 0.2) is 0 Å². The number of Topliss-reactive ketones (excluding diaryl/α,β-unsaturated/α-hetero) is 1. The summed E-state index contributed by atoms with van der Waals surface area (Å²) < 4.78 is 58.4. The maximum Gasteiger partial charge on any atom is 0.465 e. The molecule has 0 aromatic carbocycles.